The molecule has 0 radical (unpaired) electrons. The molecule has 1 saturated heterocycles. The van der Waals surface area contributed by atoms with Gasteiger partial charge in [0.15, 0.2) is 11.6 Å². The standard InChI is InChI=1S/C20H19FN4O/c21-15-8-2-1-7-14(15)13-18(26)24-19-20(25-11-5-6-12-25)23-17-10-4-3-9-16(17)22-19/h1-4,7-10H,5-6,11-13H2,(H,22,24,26). The van der Waals surface area contributed by atoms with Crippen LogP contribution in [0.3, 0.4) is 0 Å². The molecule has 1 fully saturated rings. The van der Waals surface area contributed by atoms with Gasteiger partial charge in [0.2, 0.25) is 5.91 Å². The first kappa shape index (κ1) is 16.4. The van der Waals surface area contributed by atoms with Crippen molar-refractivity contribution in [3.63, 3.8) is 0 Å². The number of para-hydroxylation sites is 2. The van der Waals surface area contributed by atoms with Gasteiger partial charge in [0.1, 0.15) is 5.82 Å². The minimum Gasteiger partial charge on any atom is -0.354 e. The smallest absolute Gasteiger partial charge is 0.230 e. The number of halogens is 1. The summed E-state index contributed by atoms with van der Waals surface area (Å²) in [5.41, 5.74) is 1.87. The number of carbonyl (C=O) groups excluding carboxylic acids is 1. The molecule has 0 atom stereocenters. The Morgan fingerprint density at radius 1 is 1.00 bits per heavy atom. The van der Waals surface area contributed by atoms with Crippen LogP contribution in [-0.2, 0) is 11.2 Å². The Hall–Kier alpha value is -3.02. The molecule has 0 saturated carbocycles. The van der Waals surface area contributed by atoms with Crippen LogP contribution in [0.1, 0.15) is 18.4 Å². The van der Waals surface area contributed by atoms with Crippen LogP contribution in [0, 0.1) is 5.82 Å². The van der Waals surface area contributed by atoms with E-state index in [1.807, 2.05) is 24.3 Å². The van der Waals surface area contributed by atoms with Crippen molar-refractivity contribution in [2.24, 2.45) is 0 Å². The molecule has 1 N–H and O–H groups in total. The molecule has 2 aromatic carbocycles. The molecule has 6 heteroatoms. The van der Waals surface area contributed by atoms with E-state index in [2.05, 4.69) is 15.2 Å². The molecule has 0 spiro atoms. The Kier molecular flexibility index (Phi) is 4.48. The molecule has 1 aliphatic heterocycles. The summed E-state index contributed by atoms with van der Waals surface area (Å²) in [6.07, 6.45) is 2.15. The quantitative estimate of drug-likeness (QED) is 0.782. The monoisotopic (exact) mass is 350 g/mol. The minimum atomic E-state index is -0.382. The molecule has 3 aromatic rings. The summed E-state index contributed by atoms with van der Waals surface area (Å²) in [6, 6.07) is 13.9. The lowest BCUT2D eigenvalue weighted by Crippen LogP contribution is -2.24. The Bertz CT molecular complexity index is 953. The van der Waals surface area contributed by atoms with Gasteiger partial charge in [-0.1, -0.05) is 30.3 Å². The van der Waals surface area contributed by atoms with E-state index in [9.17, 15) is 9.18 Å². The first-order valence-electron chi connectivity index (χ1n) is 8.76. The molecule has 5 nitrogen and oxygen atoms in total. The fourth-order valence-corrected chi connectivity index (χ4v) is 3.21. The molecule has 132 valence electrons. The Morgan fingerprint density at radius 3 is 2.38 bits per heavy atom. The maximum Gasteiger partial charge on any atom is 0.230 e. The largest absolute Gasteiger partial charge is 0.354 e. The van der Waals surface area contributed by atoms with E-state index in [-0.39, 0.29) is 18.1 Å². The third-order valence-electron chi connectivity index (χ3n) is 4.52. The Labute approximate surface area is 150 Å². The highest BCUT2D eigenvalue weighted by molar-refractivity contribution is 5.95. The van der Waals surface area contributed by atoms with Gasteiger partial charge in [-0.3, -0.25) is 4.79 Å². The number of benzene rings is 2. The summed E-state index contributed by atoms with van der Waals surface area (Å²) in [4.78, 5) is 23.9. The highest BCUT2D eigenvalue weighted by atomic mass is 19.1. The lowest BCUT2D eigenvalue weighted by molar-refractivity contribution is -0.115. The molecule has 0 aliphatic carbocycles. The van der Waals surface area contributed by atoms with Crippen LogP contribution in [-0.4, -0.2) is 29.0 Å². The van der Waals surface area contributed by atoms with Gasteiger partial charge in [0.25, 0.3) is 0 Å². The van der Waals surface area contributed by atoms with Crippen LogP contribution in [0.2, 0.25) is 0 Å². The Balaban J connectivity index is 1.64. The van der Waals surface area contributed by atoms with Gasteiger partial charge in [-0.25, -0.2) is 14.4 Å². The summed E-state index contributed by atoms with van der Waals surface area (Å²) < 4.78 is 13.8. The first-order chi connectivity index (χ1) is 12.7. The van der Waals surface area contributed by atoms with Crippen LogP contribution >= 0.6 is 0 Å². The number of nitrogens with one attached hydrogen (secondary N) is 1. The number of carbonyl (C=O) groups is 1. The normalized spacial score (nSPS) is 14.0. The number of fused-ring (bicyclic) bond motifs is 1. The molecule has 26 heavy (non-hydrogen) atoms. The van der Waals surface area contributed by atoms with Gasteiger partial charge in [0, 0.05) is 13.1 Å². The first-order valence-corrected chi connectivity index (χ1v) is 8.76. The fraction of sp³-hybridized carbons (Fsp3) is 0.250. The second kappa shape index (κ2) is 7.07. The Morgan fingerprint density at radius 2 is 1.65 bits per heavy atom. The van der Waals surface area contributed by atoms with Crippen molar-refractivity contribution in [3.05, 3.63) is 59.9 Å². The summed E-state index contributed by atoms with van der Waals surface area (Å²) in [5, 5.41) is 2.83. The van der Waals surface area contributed by atoms with Crippen molar-refractivity contribution in [2.75, 3.05) is 23.3 Å². The zero-order valence-electron chi connectivity index (χ0n) is 14.3. The molecule has 4 rings (SSSR count). The van der Waals surface area contributed by atoms with Crippen LogP contribution in [0.25, 0.3) is 11.0 Å². The van der Waals surface area contributed by atoms with Crippen molar-refractivity contribution >= 4 is 28.6 Å². The average molecular weight is 350 g/mol. The molecule has 1 aliphatic rings. The van der Waals surface area contributed by atoms with Gasteiger partial charge < -0.3 is 10.2 Å². The zero-order chi connectivity index (χ0) is 17.9. The number of rotatable bonds is 4. The highest BCUT2D eigenvalue weighted by Crippen LogP contribution is 2.28. The van der Waals surface area contributed by atoms with E-state index in [1.54, 1.807) is 18.2 Å². The van der Waals surface area contributed by atoms with E-state index >= 15 is 0 Å². The van der Waals surface area contributed by atoms with E-state index in [1.165, 1.54) is 6.07 Å². The van der Waals surface area contributed by atoms with E-state index in [4.69, 9.17) is 4.98 Å². The molecular formula is C20H19FN4O. The molecule has 0 bridgehead atoms. The van der Waals surface area contributed by atoms with Gasteiger partial charge in [0.05, 0.1) is 17.5 Å². The number of nitrogens with zero attached hydrogens (tertiary/aromatic N) is 3. The molecule has 0 unspecified atom stereocenters. The molecule has 1 aromatic heterocycles. The summed E-state index contributed by atoms with van der Waals surface area (Å²) >= 11 is 0. The average Bonchev–Trinajstić information content (AvgIpc) is 3.17. The maximum absolute atomic E-state index is 13.8. The van der Waals surface area contributed by atoms with Crippen LogP contribution in [0.4, 0.5) is 16.0 Å². The highest BCUT2D eigenvalue weighted by Gasteiger charge is 2.21. The van der Waals surface area contributed by atoms with E-state index < -0.39 is 0 Å². The number of anilines is 2. The SMILES string of the molecule is O=C(Cc1ccccc1F)Nc1nc2ccccc2nc1N1CCCC1. The van der Waals surface area contributed by atoms with Crippen molar-refractivity contribution < 1.29 is 9.18 Å². The van der Waals surface area contributed by atoms with Crippen LogP contribution in [0.5, 0.6) is 0 Å². The van der Waals surface area contributed by atoms with E-state index in [0.29, 0.717) is 17.2 Å². The van der Waals surface area contributed by atoms with Crippen molar-refractivity contribution in [3.8, 4) is 0 Å². The third kappa shape index (κ3) is 3.35. The predicted molar refractivity (Wildman–Crippen MR) is 99.7 cm³/mol. The second-order valence-corrected chi connectivity index (χ2v) is 6.40. The summed E-state index contributed by atoms with van der Waals surface area (Å²) in [5.74, 6) is 0.433. The fourth-order valence-electron chi connectivity index (χ4n) is 3.21. The van der Waals surface area contributed by atoms with Crippen LogP contribution in [0.15, 0.2) is 48.5 Å². The van der Waals surface area contributed by atoms with E-state index in [0.717, 1.165) is 37.0 Å². The van der Waals surface area contributed by atoms with Gasteiger partial charge in [-0.15, -0.1) is 0 Å². The lowest BCUT2D eigenvalue weighted by Gasteiger charge is -2.20. The number of amides is 1. The van der Waals surface area contributed by atoms with Gasteiger partial charge >= 0.3 is 0 Å². The molecule has 1 amide bonds. The minimum absolute atomic E-state index is 0.0411. The summed E-state index contributed by atoms with van der Waals surface area (Å²) in [7, 11) is 0. The van der Waals surface area contributed by atoms with Gasteiger partial charge in [-0.2, -0.15) is 0 Å². The van der Waals surface area contributed by atoms with Crippen molar-refractivity contribution in [2.45, 2.75) is 19.3 Å². The predicted octanol–water partition coefficient (Wildman–Crippen LogP) is 3.55. The number of hydrogen-bond acceptors (Lipinski definition) is 4. The van der Waals surface area contributed by atoms with Crippen molar-refractivity contribution in [1.82, 2.24) is 9.97 Å². The van der Waals surface area contributed by atoms with Crippen LogP contribution < -0.4 is 10.2 Å². The second-order valence-electron chi connectivity index (χ2n) is 6.40. The molecule has 2 heterocycles. The zero-order valence-corrected chi connectivity index (χ0v) is 14.3. The number of hydrogen-bond donors (Lipinski definition) is 1. The summed E-state index contributed by atoms with van der Waals surface area (Å²) in [6.45, 7) is 1.78. The molecular weight excluding hydrogens is 331 g/mol. The lowest BCUT2D eigenvalue weighted by atomic mass is 10.1. The third-order valence-corrected chi connectivity index (χ3v) is 4.52. The number of aromatic nitrogens is 2. The van der Waals surface area contributed by atoms with Gasteiger partial charge in [-0.05, 0) is 36.6 Å². The topological polar surface area (TPSA) is 58.1 Å². The maximum atomic E-state index is 13.8. The van der Waals surface area contributed by atoms with Crippen molar-refractivity contribution in [1.29, 1.82) is 0 Å².